The lowest BCUT2D eigenvalue weighted by atomic mass is 9.98. The van der Waals surface area contributed by atoms with E-state index in [4.69, 9.17) is 37.9 Å². The topological polar surface area (TPSA) is 80.4 Å². The van der Waals surface area contributed by atoms with Crippen LogP contribution < -0.4 is 14.2 Å². The van der Waals surface area contributed by atoms with Crippen LogP contribution >= 0.6 is 0 Å². The van der Waals surface area contributed by atoms with E-state index in [1.54, 1.807) is 0 Å². The van der Waals surface area contributed by atoms with Crippen molar-refractivity contribution >= 4 is 0 Å². The van der Waals surface area contributed by atoms with Crippen LogP contribution in [0.25, 0.3) is 22.3 Å². The van der Waals surface area contributed by atoms with Gasteiger partial charge in [0.05, 0.1) is 37.6 Å². The molecule has 0 amide bonds. The van der Waals surface area contributed by atoms with Crippen molar-refractivity contribution in [1.82, 2.24) is 0 Å². The van der Waals surface area contributed by atoms with Crippen LogP contribution in [0.15, 0.2) is 97.1 Å². The fourth-order valence-electron chi connectivity index (χ4n) is 7.85. The first-order valence-corrected chi connectivity index (χ1v) is 20.6. The summed E-state index contributed by atoms with van der Waals surface area (Å²) in [6, 6.07) is 33.5. The molecular weight excluding hydrogens is 693 g/mol. The van der Waals surface area contributed by atoms with Gasteiger partial charge in [-0.05, 0) is 117 Å². The largest absolute Gasteiger partial charge is 0.490 e. The van der Waals surface area contributed by atoms with Gasteiger partial charge in [-0.1, -0.05) is 73.5 Å². The van der Waals surface area contributed by atoms with E-state index >= 15 is 0 Å². The Morgan fingerprint density at radius 2 is 0.909 bits per heavy atom. The van der Waals surface area contributed by atoms with Crippen LogP contribution in [0.3, 0.4) is 0 Å². The van der Waals surface area contributed by atoms with Gasteiger partial charge in [0.1, 0.15) is 29.5 Å². The molecular formula is C47H56O8. The third-order valence-corrected chi connectivity index (χ3v) is 11.2. The number of epoxide rings is 2. The molecule has 2 aliphatic carbocycles. The van der Waals surface area contributed by atoms with Crippen LogP contribution in [-0.4, -0.2) is 62.4 Å². The maximum Gasteiger partial charge on any atom is 0.196 e. The summed E-state index contributed by atoms with van der Waals surface area (Å²) in [5, 5.41) is 0. The molecule has 8 atom stereocenters. The minimum absolute atomic E-state index is 0.253. The Morgan fingerprint density at radius 3 is 1.38 bits per heavy atom. The molecule has 2 heterocycles. The standard InChI is InChI=1S/C47H56O8/c1-32(50-31-34-7-9-35(10-8-34)36-13-19-40(20-14-36)52-42-23-25-44-46(29-42)54-44)48-27-5-3-4-6-28-49-33(2)51-39-17-11-37(12-18-39)38-15-21-41(22-16-38)53-43-24-26-45-47(30-43)55-45/h7-22,32-33,42-47H,3-6,23-31H2,1-2H3. The van der Waals surface area contributed by atoms with Gasteiger partial charge < -0.3 is 37.9 Å². The SMILES string of the molecule is CC(OCCCCCCOC(C)Oc1ccc(-c2ccc(OC3CCC4OC4C3)cc2)cc1)OCc1ccc(-c2ccc(OC3CCC4OC4C3)cc2)cc1. The summed E-state index contributed by atoms with van der Waals surface area (Å²) in [5.74, 6) is 2.65. The lowest BCUT2D eigenvalue weighted by Crippen LogP contribution is -2.24. The Labute approximate surface area is 326 Å². The van der Waals surface area contributed by atoms with Gasteiger partial charge in [0.25, 0.3) is 0 Å². The Kier molecular flexibility index (Phi) is 12.7. The van der Waals surface area contributed by atoms with E-state index in [9.17, 15) is 0 Å². The Bertz CT molecular complexity index is 1760. The zero-order chi connectivity index (χ0) is 37.4. The number of fused-ring (bicyclic) bond motifs is 2. The Morgan fingerprint density at radius 1 is 0.473 bits per heavy atom. The second-order valence-electron chi connectivity index (χ2n) is 15.5. The van der Waals surface area contributed by atoms with E-state index in [0.717, 1.165) is 98.1 Å². The molecule has 4 fully saturated rings. The molecule has 0 bridgehead atoms. The van der Waals surface area contributed by atoms with Crippen molar-refractivity contribution in [3.63, 3.8) is 0 Å². The normalized spacial score (nSPS) is 24.9. The van der Waals surface area contributed by atoms with E-state index < -0.39 is 0 Å². The van der Waals surface area contributed by atoms with Crippen molar-refractivity contribution in [2.24, 2.45) is 0 Å². The lowest BCUT2D eigenvalue weighted by molar-refractivity contribution is -0.138. The Hall–Kier alpha value is -3.92. The fourth-order valence-corrected chi connectivity index (χ4v) is 7.85. The molecule has 2 saturated carbocycles. The minimum Gasteiger partial charge on any atom is -0.490 e. The molecule has 4 aromatic rings. The molecule has 292 valence electrons. The van der Waals surface area contributed by atoms with Crippen LogP contribution in [0.4, 0.5) is 0 Å². The van der Waals surface area contributed by atoms with E-state index in [-0.39, 0.29) is 24.8 Å². The highest BCUT2D eigenvalue weighted by Gasteiger charge is 2.45. The first-order chi connectivity index (χ1) is 27.0. The molecule has 4 aliphatic rings. The zero-order valence-corrected chi connectivity index (χ0v) is 32.3. The van der Waals surface area contributed by atoms with Gasteiger partial charge in [-0.25, -0.2) is 0 Å². The van der Waals surface area contributed by atoms with Crippen molar-refractivity contribution in [2.45, 2.75) is 134 Å². The molecule has 0 radical (unpaired) electrons. The second-order valence-corrected chi connectivity index (χ2v) is 15.5. The molecule has 8 nitrogen and oxygen atoms in total. The summed E-state index contributed by atoms with van der Waals surface area (Å²) < 4.78 is 47.5. The van der Waals surface area contributed by atoms with Gasteiger partial charge in [-0.15, -0.1) is 0 Å². The molecule has 0 N–H and O–H groups in total. The van der Waals surface area contributed by atoms with Gasteiger partial charge in [-0.3, -0.25) is 0 Å². The highest BCUT2D eigenvalue weighted by atomic mass is 16.7. The van der Waals surface area contributed by atoms with Gasteiger partial charge >= 0.3 is 0 Å². The van der Waals surface area contributed by atoms with Gasteiger partial charge in [0, 0.05) is 19.4 Å². The molecule has 8 heteroatoms. The summed E-state index contributed by atoms with van der Waals surface area (Å²) in [7, 11) is 0. The summed E-state index contributed by atoms with van der Waals surface area (Å²) in [6.45, 7) is 5.78. The summed E-state index contributed by atoms with van der Waals surface area (Å²) in [6.07, 6.45) is 12.3. The molecule has 2 aliphatic heterocycles. The number of hydrogen-bond acceptors (Lipinski definition) is 8. The number of rotatable bonds is 20. The average Bonchev–Trinajstić information content (AvgIpc) is 4.15. The first kappa shape index (κ1) is 38.0. The van der Waals surface area contributed by atoms with Crippen LogP contribution in [0.2, 0.25) is 0 Å². The van der Waals surface area contributed by atoms with E-state index in [1.807, 2.05) is 26.0 Å². The van der Waals surface area contributed by atoms with Crippen molar-refractivity contribution in [1.29, 1.82) is 0 Å². The lowest BCUT2D eigenvalue weighted by Gasteiger charge is -2.20. The molecule has 8 unspecified atom stereocenters. The van der Waals surface area contributed by atoms with Crippen LogP contribution in [0, 0.1) is 0 Å². The van der Waals surface area contributed by atoms with E-state index in [0.29, 0.717) is 44.2 Å². The summed E-state index contributed by atoms with van der Waals surface area (Å²) in [5.41, 5.74) is 5.77. The molecule has 4 aromatic carbocycles. The van der Waals surface area contributed by atoms with Crippen molar-refractivity contribution in [2.75, 3.05) is 13.2 Å². The highest BCUT2D eigenvalue weighted by molar-refractivity contribution is 5.65. The van der Waals surface area contributed by atoms with Crippen LogP contribution in [0.5, 0.6) is 17.2 Å². The van der Waals surface area contributed by atoms with Gasteiger partial charge in [-0.2, -0.15) is 0 Å². The first-order valence-electron chi connectivity index (χ1n) is 20.6. The molecule has 8 rings (SSSR count). The predicted octanol–water partition coefficient (Wildman–Crippen LogP) is 10.3. The monoisotopic (exact) mass is 748 g/mol. The number of ether oxygens (including phenoxy) is 8. The smallest absolute Gasteiger partial charge is 0.196 e. The van der Waals surface area contributed by atoms with Crippen LogP contribution in [-0.2, 0) is 30.3 Å². The van der Waals surface area contributed by atoms with Crippen molar-refractivity contribution in [3.05, 3.63) is 103 Å². The van der Waals surface area contributed by atoms with Crippen molar-refractivity contribution in [3.8, 4) is 39.5 Å². The van der Waals surface area contributed by atoms with Gasteiger partial charge in [0.15, 0.2) is 12.6 Å². The predicted molar refractivity (Wildman–Crippen MR) is 212 cm³/mol. The quantitative estimate of drug-likeness (QED) is 0.0502. The van der Waals surface area contributed by atoms with Crippen molar-refractivity contribution < 1.29 is 37.9 Å². The number of unbranched alkanes of at least 4 members (excludes halogenated alkanes) is 3. The summed E-state index contributed by atoms with van der Waals surface area (Å²) >= 11 is 0. The van der Waals surface area contributed by atoms with Gasteiger partial charge in [0.2, 0.25) is 0 Å². The highest BCUT2D eigenvalue weighted by Crippen LogP contribution is 2.39. The molecule has 0 spiro atoms. The average molecular weight is 749 g/mol. The third kappa shape index (κ3) is 11.1. The van der Waals surface area contributed by atoms with E-state index in [1.165, 1.54) is 11.1 Å². The molecule has 0 aromatic heterocycles. The number of benzene rings is 4. The van der Waals surface area contributed by atoms with E-state index in [2.05, 4.69) is 84.9 Å². The van der Waals surface area contributed by atoms with Crippen LogP contribution in [0.1, 0.15) is 83.6 Å². The number of hydrogen-bond donors (Lipinski definition) is 0. The molecule has 55 heavy (non-hydrogen) atoms. The zero-order valence-electron chi connectivity index (χ0n) is 32.3. The third-order valence-electron chi connectivity index (χ3n) is 11.2. The Balaban J connectivity index is 0.643. The fraction of sp³-hybridized carbons (Fsp3) is 0.489. The summed E-state index contributed by atoms with van der Waals surface area (Å²) in [4.78, 5) is 0. The maximum atomic E-state index is 6.20. The maximum absolute atomic E-state index is 6.20. The molecule has 2 saturated heterocycles. The minimum atomic E-state index is -0.310. The second kappa shape index (κ2) is 18.4.